The Bertz CT molecular complexity index is 1310. The van der Waals surface area contributed by atoms with Crippen molar-refractivity contribution in [3.8, 4) is 0 Å². The van der Waals surface area contributed by atoms with E-state index in [1.807, 2.05) is 0 Å². The average Bonchev–Trinajstić information content (AvgIpc) is 3.47. The molecule has 11 heteroatoms. The summed E-state index contributed by atoms with van der Waals surface area (Å²) in [6, 6.07) is 10.1. The summed E-state index contributed by atoms with van der Waals surface area (Å²) in [6.07, 6.45) is 6.26. The number of hydroxylamine groups is 2. The van der Waals surface area contributed by atoms with Gasteiger partial charge in [0.15, 0.2) is 0 Å². The van der Waals surface area contributed by atoms with Crippen LogP contribution >= 0.6 is 23.2 Å². The fourth-order valence-electron chi connectivity index (χ4n) is 2.98. The number of aromatic nitrogens is 4. The van der Waals surface area contributed by atoms with Crippen molar-refractivity contribution >= 4 is 57.5 Å². The van der Waals surface area contributed by atoms with E-state index in [0.29, 0.717) is 38.0 Å². The lowest BCUT2D eigenvalue weighted by atomic mass is 10.2. The molecule has 0 bridgehead atoms. The Morgan fingerprint density at radius 2 is 1.50 bits per heavy atom. The standard InChI is InChI=1S/C11H10ClN3O2.C9H5ClN2O.C4H8O.CH4/c1-15(17-2)11(16)7-3-4-8-9(5-7)14-10(12)6-13-8;10-9-4-11-7-2-1-6(5-13)3-8(7)12-9;1-2-4-5-3-1;/h3-6H,1-2H3;1-5H;1-4H2;1H4. The van der Waals surface area contributed by atoms with Crippen molar-refractivity contribution in [2.75, 3.05) is 27.4 Å². The molecule has 0 atom stereocenters. The maximum Gasteiger partial charge on any atom is 0.277 e. The second-order valence-electron chi connectivity index (χ2n) is 7.26. The monoisotopic (exact) mass is 531 g/mol. The molecule has 36 heavy (non-hydrogen) atoms. The molecule has 190 valence electrons. The summed E-state index contributed by atoms with van der Waals surface area (Å²) < 4.78 is 4.94. The van der Waals surface area contributed by atoms with Crippen LogP contribution in [0.5, 0.6) is 0 Å². The number of amides is 1. The van der Waals surface area contributed by atoms with E-state index in [2.05, 4.69) is 19.9 Å². The second kappa shape index (κ2) is 14.4. The maximum atomic E-state index is 11.8. The molecule has 1 fully saturated rings. The predicted molar refractivity (Wildman–Crippen MR) is 140 cm³/mol. The van der Waals surface area contributed by atoms with E-state index in [4.69, 9.17) is 32.8 Å². The fourth-order valence-corrected chi connectivity index (χ4v) is 3.26. The maximum absolute atomic E-state index is 11.8. The normalized spacial score (nSPS) is 12.0. The van der Waals surface area contributed by atoms with Crippen molar-refractivity contribution in [2.45, 2.75) is 20.3 Å². The van der Waals surface area contributed by atoms with Crippen LogP contribution in [0.25, 0.3) is 22.1 Å². The minimum absolute atomic E-state index is 0. The van der Waals surface area contributed by atoms with Gasteiger partial charge >= 0.3 is 0 Å². The number of benzene rings is 2. The van der Waals surface area contributed by atoms with Gasteiger partial charge in [-0.15, -0.1) is 0 Å². The zero-order chi connectivity index (χ0) is 25.2. The molecule has 0 spiro atoms. The molecular formula is C25H27Cl2N5O4. The van der Waals surface area contributed by atoms with Gasteiger partial charge in [0.1, 0.15) is 16.6 Å². The highest BCUT2D eigenvalue weighted by Gasteiger charge is 2.12. The topological polar surface area (TPSA) is 107 Å². The smallest absolute Gasteiger partial charge is 0.277 e. The molecule has 0 radical (unpaired) electrons. The Hall–Kier alpha value is -3.24. The largest absolute Gasteiger partial charge is 0.381 e. The van der Waals surface area contributed by atoms with E-state index in [9.17, 15) is 9.59 Å². The number of fused-ring (bicyclic) bond motifs is 2. The fraction of sp³-hybridized carbons (Fsp3) is 0.280. The number of carbonyl (C=O) groups excluding carboxylic acids is 2. The molecule has 3 heterocycles. The Kier molecular flexibility index (Phi) is 11.6. The lowest BCUT2D eigenvalue weighted by Crippen LogP contribution is -2.25. The number of aldehydes is 1. The zero-order valence-electron chi connectivity index (χ0n) is 19.1. The van der Waals surface area contributed by atoms with E-state index in [1.54, 1.807) is 36.4 Å². The van der Waals surface area contributed by atoms with Gasteiger partial charge in [0.05, 0.1) is 41.6 Å². The highest BCUT2D eigenvalue weighted by Crippen LogP contribution is 2.16. The van der Waals surface area contributed by atoms with Gasteiger partial charge in [0, 0.05) is 31.4 Å². The van der Waals surface area contributed by atoms with Crippen LogP contribution < -0.4 is 0 Å². The first-order chi connectivity index (χ1) is 16.9. The first-order valence-electron chi connectivity index (χ1n) is 10.6. The molecule has 1 saturated heterocycles. The summed E-state index contributed by atoms with van der Waals surface area (Å²) in [5, 5.41) is 1.76. The highest BCUT2D eigenvalue weighted by molar-refractivity contribution is 6.29. The van der Waals surface area contributed by atoms with Crippen LogP contribution in [0.4, 0.5) is 0 Å². The van der Waals surface area contributed by atoms with E-state index >= 15 is 0 Å². The van der Waals surface area contributed by atoms with Crippen molar-refractivity contribution in [2.24, 2.45) is 0 Å². The van der Waals surface area contributed by atoms with E-state index < -0.39 is 0 Å². The molecule has 0 aliphatic carbocycles. The Morgan fingerprint density at radius 1 is 0.944 bits per heavy atom. The third-order valence-electron chi connectivity index (χ3n) is 4.82. The second-order valence-corrected chi connectivity index (χ2v) is 8.03. The van der Waals surface area contributed by atoms with E-state index in [0.717, 1.165) is 30.1 Å². The van der Waals surface area contributed by atoms with Gasteiger partial charge in [-0.25, -0.2) is 15.0 Å². The van der Waals surface area contributed by atoms with Crippen LogP contribution in [0.2, 0.25) is 10.3 Å². The number of carbonyl (C=O) groups is 2. The lowest BCUT2D eigenvalue weighted by Gasteiger charge is -2.13. The Balaban J connectivity index is 0.000000212. The van der Waals surface area contributed by atoms with Crippen LogP contribution in [-0.2, 0) is 9.57 Å². The van der Waals surface area contributed by atoms with Crippen LogP contribution in [0, 0.1) is 0 Å². The van der Waals surface area contributed by atoms with Gasteiger partial charge in [-0.3, -0.25) is 24.4 Å². The molecule has 1 amide bonds. The quantitative estimate of drug-likeness (QED) is 0.253. The van der Waals surface area contributed by atoms with Gasteiger partial charge < -0.3 is 4.74 Å². The predicted octanol–water partition coefficient (Wildman–Crippen LogP) is 5.45. The molecule has 2 aromatic carbocycles. The molecule has 0 unspecified atom stereocenters. The van der Waals surface area contributed by atoms with Crippen molar-refractivity contribution < 1.29 is 19.2 Å². The van der Waals surface area contributed by atoms with Crippen molar-refractivity contribution in [3.63, 3.8) is 0 Å². The molecule has 0 N–H and O–H groups in total. The first kappa shape index (κ1) is 29.0. The van der Waals surface area contributed by atoms with Gasteiger partial charge in [-0.2, -0.15) is 0 Å². The third-order valence-corrected chi connectivity index (χ3v) is 5.18. The molecule has 1 aliphatic heterocycles. The number of halogens is 2. The first-order valence-corrected chi connectivity index (χ1v) is 11.4. The summed E-state index contributed by atoms with van der Waals surface area (Å²) in [7, 11) is 2.96. The van der Waals surface area contributed by atoms with Crippen LogP contribution in [0.1, 0.15) is 41.0 Å². The number of rotatable bonds is 3. The summed E-state index contributed by atoms with van der Waals surface area (Å²) in [4.78, 5) is 43.4. The van der Waals surface area contributed by atoms with Gasteiger partial charge in [0.2, 0.25) is 0 Å². The number of nitrogens with zero attached hydrogens (tertiary/aromatic N) is 5. The zero-order valence-corrected chi connectivity index (χ0v) is 20.7. The van der Waals surface area contributed by atoms with E-state index in [1.165, 1.54) is 39.4 Å². The molecule has 0 saturated carbocycles. The van der Waals surface area contributed by atoms with Crippen LogP contribution in [0.3, 0.4) is 0 Å². The lowest BCUT2D eigenvalue weighted by molar-refractivity contribution is -0.0756. The minimum atomic E-state index is -0.254. The number of ether oxygens (including phenoxy) is 1. The Morgan fingerprint density at radius 3 is 2.00 bits per heavy atom. The van der Waals surface area contributed by atoms with Crippen molar-refractivity contribution in [3.05, 3.63) is 70.2 Å². The molecule has 2 aromatic heterocycles. The number of hydrogen-bond donors (Lipinski definition) is 0. The van der Waals surface area contributed by atoms with E-state index in [-0.39, 0.29) is 13.3 Å². The van der Waals surface area contributed by atoms with Gasteiger partial charge in [0.25, 0.3) is 5.91 Å². The molecule has 1 aliphatic rings. The average molecular weight is 532 g/mol. The van der Waals surface area contributed by atoms with Crippen LogP contribution in [-0.4, -0.2) is 64.6 Å². The molecule has 4 aromatic rings. The molecule has 9 nitrogen and oxygen atoms in total. The van der Waals surface area contributed by atoms with Gasteiger partial charge in [-0.1, -0.05) is 30.6 Å². The minimum Gasteiger partial charge on any atom is -0.381 e. The Labute approximate surface area is 219 Å². The molecule has 5 rings (SSSR count). The third kappa shape index (κ3) is 8.17. The highest BCUT2D eigenvalue weighted by atomic mass is 35.5. The summed E-state index contributed by atoms with van der Waals surface area (Å²) in [6.45, 7) is 2.00. The van der Waals surface area contributed by atoms with Crippen molar-refractivity contribution in [1.29, 1.82) is 0 Å². The van der Waals surface area contributed by atoms with Crippen LogP contribution in [0.15, 0.2) is 48.8 Å². The SMILES string of the molecule is C.C1CCOC1.CON(C)C(=O)c1ccc2ncc(Cl)nc2c1.O=Cc1ccc2ncc(Cl)nc2c1. The summed E-state index contributed by atoms with van der Waals surface area (Å²) >= 11 is 11.4. The summed E-state index contributed by atoms with van der Waals surface area (Å²) in [5.41, 5.74) is 3.67. The summed E-state index contributed by atoms with van der Waals surface area (Å²) in [5.74, 6) is -0.254. The number of hydrogen-bond acceptors (Lipinski definition) is 8. The van der Waals surface area contributed by atoms with Gasteiger partial charge in [-0.05, 0) is 49.2 Å². The molecular weight excluding hydrogens is 505 g/mol. The van der Waals surface area contributed by atoms with Crippen molar-refractivity contribution in [1.82, 2.24) is 25.0 Å².